The van der Waals surface area contributed by atoms with E-state index in [2.05, 4.69) is 10.00 Å². The molecule has 0 spiro atoms. The Morgan fingerprint density at radius 2 is 2.27 bits per heavy atom. The Labute approximate surface area is 88.8 Å². The van der Waals surface area contributed by atoms with E-state index in [1.807, 2.05) is 14.1 Å². The molecule has 1 rings (SSSR count). The third kappa shape index (κ3) is 3.25. The SMILES string of the molecule is CN(C)CCCn1cc(N)c(C(N)=O)n1. The van der Waals surface area contributed by atoms with Crippen LogP contribution in [0.1, 0.15) is 16.9 Å². The smallest absolute Gasteiger partial charge is 0.271 e. The van der Waals surface area contributed by atoms with E-state index in [1.54, 1.807) is 10.9 Å². The van der Waals surface area contributed by atoms with Crippen molar-refractivity contribution < 1.29 is 4.79 Å². The van der Waals surface area contributed by atoms with E-state index >= 15 is 0 Å². The predicted octanol–water partition coefficient (Wildman–Crippen LogP) is -0.484. The molecule has 6 heteroatoms. The van der Waals surface area contributed by atoms with E-state index in [1.165, 1.54) is 0 Å². The maximum absolute atomic E-state index is 10.9. The Morgan fingerprint density at radius 3 is 2.73 bits per heavy atom. The van der Waals surface area contributed by atoms with Crippen molar-refractivity contribution >= 4 is 11.6 Å². The van der Waals surface area contributed by atoms with Crippen molar-refractivity contribution in [2.75, 3.05) is 26.4 Å². The van der Waals surface area contributed by atoms with Gasteiger partial charge in [-0.1, -0.05) is 0 Å². The molecule has 0 atom stereocenters. The number of aryl methyl sites for hydroxylation is 1. The van der Waals surface area contributed by atoms with Crippen LogP contribution >= 0.6 is 0 Å². The Kier molecular flexibility index (Phi) is 3.68. The van der Waals surface area contributed by atoms with Crippen molar-refractivity contribution in [3.8, 4) is 0 Å². The largest absolute Gasteiger partial charge is 0.396 e. The maximum Gasteiger partial charge on any atom is 0.271 e. The molecule has 4 N–H and O–H groups in total. The molecular weight excluding hydrogens is 194 g/mol. The fourth-order valence-electron chi connectivity index (χ4n) is 1.29. The topological polar surface area (TPSA) is 90.2 Å². The van der Waals surface area contributed by atoms with Crippen LogP contribution in [-0.4, -0.2) is 41.2 Å². The molecule has 1 aromatic heterocycles. The van der Waals surface area contributed by atoms with Crippen LogP contribution in [0.4, 0.5) is 5.69 Å². The number of anilines is 1. The highest BCUT2D eigenvalue weighted by Crippen LogP contribution is 2.08. The molecule has 15 heavy (non-hydrogen) atoms. The number of carbonyl (C=O) groups excluding carboxylic acids is 1. The van der Waals surface area contributed by atoms with Gasteiger partial charge in [-0.3, -0.25) is 9.48 Å². The number of nitrogen functional groups attached to an aromatic ring is 1. The summed E-state index contributed by atoms with van der Waals surface area (Å²) in [7, 11) is 4.01. The lowest BCUT2D eigenvalue weighted by molar-refractivity contribution is 0.0995. The number of aromatic nitrogens is 2. The Hall–Kier alpha value is -1.56. The number of hydrogen-bond donors (Lipinski definition) is 2. The number of nitrogens with two attached hydrogens (primary N) is 2. The van der Waals surface area contributed by atoms with Gasteiger partial charge in [-0.15, -0.1) is 0 Å². The average Bonchev–Trinajstić information content (AvgIpc) is 2.46. The standard InChI is InChI=1S/C9H17N5O/c1-13(2)4-3-5-14-6-7(10)8(12-14)9(11)15/h6H,3-5,10H2,1-2H3,(H2,11,15). The maximum atomic E-state index is 10.9. The predicted molar refractivity (Wildman–Crippen MR) is 58.3 cm³/mol. The van der Waals surface area contributed by atoms with Crippen molar-refractivity contribution in [3.63, 3.8) is 0 Å². The van der Waals surface area contributed by atoms with Crippen molar-refractivity contribution in [2.45, 2.75) is 13.0 Å². The van der Waals surface area contributed by atoms with E-state index in [9.17, 15) is 4.79 Å². The third-order valence-electron chi connectivity index (χ3n) is 2.02. The minimum Gasteiger partial charge on any atom is -0.396 e. The summed E-state index contributed by atoms with van der Waals surface area (Å²) < 4.78 is 1.65. The summed E-state index contributed by atoms with van der Waals surface area (Å²) in [6, 6.07) is 0. The van der Waals surface area contributed by atoms with Gasteiger partial charge in [-0.25, -0.2) is 0 Å². The van der Waals surface area contributed by atoms with Gasteiger partial charge in [0, 0.05) is 12.7 Å². The minimum absolute atomic E-state index is 0.153. The van der Waals surface area contributed by atoms with Gasteiger partial charge in [-0.05, 0) is 27.1 Å². The Morgan fingerprint density at radius 1 is 1.60 bits per heavy atom. The first-order chi connectivity index (χ1) is 7.00. The number of hydrogen-bond acceptors (Lipinski definition) is 4. The summed E-state index contributed by atoms with van der Waals surface area (Å²) in [5.74, 6) is -0.584. The zero-order chi connectivity index (χ0) is 11.4. The average molecular weight is 211 g/mol. The van der Waals surface area contributed by atoms with Crippen LogP contribution in [0.25, 0.3) is 0 Å². The first-order valence-electron chi connectivity index (χ1n) is 4.78. The number of rotatable bonds is 5. The van der Waals surface area contributed by atoms with Crippen molar-refractivity contribution in [2.24, 2.45) is 5.73 Å². The summed E-state index contributed by atoms with van der Waals surface area (Å²) in [5.41, 5.74) is 11.2. The van der Waals surface area contributed by atoms with Crippen LogP contribution in [0.3, 0.4) is 0 Å². The van der Waals surface area contributed by atoms with Gasteiger partial charge < -0.3 is 16.4 Å². The number of primary amides is 1. The highest BCUT2D eigenvalue weighted by atomic mass is 16.1. The molecule has 1 amide bonds. The molecule has 1 aromatic rings. The second kappa shape index (κ2) is 4.79. The van der Waals surface area contributed by atoms with E-state index in [-0.39, 0.29) is 5.69 Å². The van der Waals surface area contributed by atoms with Gasteiger partial charge in [0.1, 0.15) is 0 Å². The summed E-state index contributed by atoms with van der Waals surface area (Å²) in [6.45, 7) is 1.70. The second-order valence-corrected chi connectivity index (χ2v) is 3.72. The molecular formula is C9H17N5O. The highest BCUT2D eigenvalue weighted by molar-refractivity contribution is 5.95. The van der Waals surface area contributed by atoms with Crippen LogP contribution in [0.15, 0.2) is 6.20 Å². The van der Waals surface area contributed by atoms with Gasteiger partial charge >= 0.3 is 0 Å². The van der Waals surface area contributed by atoms with Gasteiger partial charge in [0.15, 0.2) is 5.69 Å². The molecule has 0 saturated heterocycles. The first kappa shape index (κ1) is 11.5. The fraction of sp³-hybridized carbons (Fsp3) is 0.556. The Bertz CT molecular complexity index is 344. The highest BCUT2D eigenvalue weighted by Gasteiger charge is 2.10. The normalized spacial score (nSPS) is 10.9. The summed E-state index contributed by atoms with van der Waals surface area (Å²) in [4.78, 5) is 13.0. The van der Waals surface area contributed by atoms with Gasteiger partial charge in [-0.2, -0.15) is 5.10 Å². The molecule has 84 valence electrons. The molecule has 0 fully saturated rings. The lowest BCUT2D eigenvalue weighted by atomic mass is 10.4. The third-order valence-corrected chi connectivity index (χ3v) is 2.02. The number of nitrogens with zero attached hydrogens (tertiary/aromatic N) is 3. The van der Waals surface area contributed by atoms with Crippen LogP contribution in [0, 0.1) is 0 Å². The molecule has 0 aromatic carbocycles. The van der Waals surface area contributed by atoms with Crippen LogP contribution in [-0.2, 0) is 6.54 Å². The molecule has 6 nitrogen and oxygen atoms in total. The first-order valence-corrected chi connectivity index (χ1v) is 4.78. The summed E-state index contributed by atoms with van der Waals surface area (Å²) >= 11 is 0. The number of carbonyl (C=O) groups is 1. The monoisotopic (exact) mass is 211 g/mol. The van der Waals surface area contributed by atoms with Gasteiger partial charge in [0.25, 0.3) is 5.91 Å². The van der Waals surface area contributed by atoms with Crippen molar-refractivity contribution in [1.29, 1.82) is 0 Å². The van der Waals surface area contributed by atoms with E-state index in [0.717, 1.165) is 19.5 Å². The molecule has 0 aliphatic heterocycles. The van der Waals surface area contributed by atoms with Crippen molar-refractivity contribution in [3.05, 3.63) is 11.9 Å². The zero-order valence-electron chi connectivity index (χ0n) is 9.10. The second-order valence-electron chi connectivity index (χ2n) is 3.72. The summed E-state index contributed by atoms with van der Waals surface area (Å²) in [5, 5.41) is 4.00. The summed E-state index contributed by atoms with van der Waals surface area (Å²) in [6.07, 6.45) is 2.59. The van der Waals surface area contributed by atoms with Crippen LogP contribution in [0.5, 0.6) is 0 Å². The zero-order valence-corrected chi connectivity index (χ0v) is 9.10. The van der Waals surface area contributed by atoms with E-state index in [4.69, 9.17) is 11.5 Å². The van der Waals surface area contributed by atoms with Crippen molar-refractivity contribution in [1.82, 2.24) is 14.7 Å². The lowest BCUT2D eigenvalue weighted by Crippen LogP contribution is -2.16. The van der Waals surface area contributed by atoms with Gasteiger partial charge in [0.05, 0.1) is 5.69 Å². The fourth-order valence-corrected chi connectivity index (χ4v) is 1.29. The van der Waals surface area contributed by atoms with E-state index < -0.39 is 5.91 Å². The van der Waals surface area contributed by atoms with Crippen LogP contribution < -0.4 is 11.5 Å². The number of amides is 1. The molecule has 0 bridgehead atoms. The quantitative estimate of drug-likeness (QED) is 0.688. The molecule has 0 saturated carbocycles. The molecule has 0 unspecified atom stereocenters. The molecule has 0 aliphatic rings. The Balaban J connectivity index is 2.56. The molecule has 0 radical (unpaired) electrons. The lowest BCUT2D eigenvalue weighted by Gasteiger charge is -2.08. The van der Waals surface area contributed by atoms with E-state index in [0.29, 0.717) is 5.69 Å². The molecule has 1 heterocycles. The minimum atomic E-state index is -0.584. The van der Waals surface area contributed by atoms with Crippen LogP contribution in [0.2, 0.25) is 0 Å². The van der Waals surface area contributed by atoms with Gasteiger partial charge in [0.2, 0.25) is 0 Å². The molecule has 0 aliphatic carbocycles.